The Morgan fingerprint density at radius 2 is 1.89 bits per heavy atom. The molecule has 2 atom stereocenters. The number of benzene rings is 1. The van der Waals surface area contributed by atoms with Crippen molar-refractivity contribution in [2.24, 2.45) is 5.11 Å². The van der Waals surface area contributed by atoms with Crippen LogP contribution in [0.15, 0.2) is 34.3 Å². The lowest BCUT2D eigenvalue weighted by atomic mass is 10.0. The molecule has 1 rings (SSSR count). The van der Waals surface area contributed by atoms with Gasteiger partial charge in [-0.1, -0.05) is 17.2 Å². The van der Waals surface area contributed by atoms with E-state index in [0.29, 0.717) is 5.56 Å². The van der Waals surface area contributed by atoms with Crippen molar-refractivity contribution in [2.45, 2.75) is 23.5 Å². The highest BCUT2D eigenvalue weighted by Crippen LogP contribution is 2.21. The van der Waals surface area contributed by atoms with E-state index in [2.05, 4.69) is 10.0 Å². The maximum atomic E-state index is 11.3. The first-order chi connectivity index (χ1) is 8.86. The highest BCUT2D eigenvalue weighted by molar-refractivity contribution is 7.90. The number of azide groups is 1. The topological polar surface area (TPSA) is 123 Å². The summed E-state index contributed by atoms with van der Waals surface area (Å²) < 4.78 is 22.5. The van der Waals surface area contributed by atoms with Crippen molar-refractivity contribution in [3.63, 3.8) is 0 Å². The van der Waals surface area contributed by atoms with Gasteiger partial charge in [0.05, 0.1) is 11.0 Å². The number of nitrogens with zero attached hydrogens (tertiary/aromatic N) is 3. The van der Waals surface area contributed by atoms with Crippen LogP contribution >= 0.6 is 0 Å². The maximum absolute atomic E-state index is 11.3. The van der Waals surface area contributed by atoms with Gasteiger partial charge in [0, 0.05) is 17.7 Å². The first-order valence-corrected chi connectivity index (χ1v) is 7.42. The van der Waals surface area contributed by atoms with Gasteiger partial charge in [0.2, 0.25) is 0 Å². The second-order valence-electron chi connectivity index (χ2n) is 4.10. The van der Waals surface area contributed by atoms with Crippen LogP contribution in [0.25, 0.3) is 10.4 Å². The van der Waals surface area contributed by atoms with Gasteiger partial charge in [0.15, 0.2) is 9.84 Å². The summed E-state index contributed by atoms with van der Waals surface area (Å²) in [6, 6.07) is 5.62. The molecule has 0 amide bonds. The summed E-state index contributed by atoms with van der Waals surface area (Å²) in [5.41, 5.74) is 8.50. The fourth-order valence-electron chi connectivity index (χ4n) is 1.53. The Morgan fingerprint density at radius 1 is 1.32 bits per heavy atom. The van der Waals surface area contributed by atoms with E-state index in [1.165, 1.54) is 24.3 Å². The summed E-state index contributed by atoms with van der Waals surface area (Å²) >= 11 is 0. The Morgan fingerprint density at radius 3 is 2.37 bits per heavy atom. The molecule has 19 heavy (non-hydrogen) atoms. The summed E-state index contributed by atoms with van der Waals surface area (Å²) in [6.45, 7) is 0.0795. The lowest BCUT2D eigenvalue weighted by Gasteiger charge is -2.17. The van der Waals surface area contributed by atoms with Crippen LogP contribution in [0.5, 0.6) is 0 Å². The molecular weight excluding hydrogens is 270 g/mol. The Hall–Kier alpha value is -1.60. The van der Waals surface area contributed by atoms with Gasteiger partial charge in [0.25, 0.3) is 0 Å². The molecule has 104 valence electrons. The lowest BCUT2D eigenvalue weighted by molar-refractivity contribution is 0.0150. The average Bonchev–Trinajstić information content (AvgIpc) is 2.37. The third-order valence-electron chi connectivity index (χ3n) is 2.60. The van der Waals surface area contributed by atoms with Crippen LogP contribution in [0.1, 0.15) is 18.1 Å². The van der Waals surface area contributed by atoms with E-state index >= 15 is 0 Å². The van der Waals surface area contributed by atoms with E-state index in [1.54, 1.807) is 0 Å². The predicted octanol–water partition coefficient (Wildman–Crippen LogP) is 1.18. The summed E-state index contributed by atoms with van der Waals surface area (Å²) in [7, 11) is -3.28. The smallest absolute Gasteiger partial charge is 0.175 e. The normalized spacial score (nSPS) is 14.5. The maximum Gasteiger partial charge on any atom is 0.175 e. The molecule has 2 unspecified atom stereocenters. The van der Waals surface area contributed by atoms with E-state index in [-0.39, 0.29) is 17.9 Å². The fraction of sp³-hybridized carbons (Fsp3) is 0.455. The molecule has 1 aromatic carbocycles. The lowest BCUT2D eigenvalue weighted by Crippen LogP contribution is -2.19. The number of hydrogen-bond acceptors (Lipinski definition) is 5. The molecule has 7 nitrogen and oxygen atoms in total. The van der Waals surface area contributed by atoms with Crippen molar-refractivity contribution in [1.82, 2.24) is 0 Å². The molecule has 1 aromatic rings. The highest BCUT2D eigenvalue weighted by atomic mass is 32.2. The summed E-state index contributed by atoms with van der Waals surface area (Å²) in [6.07, 6.45) is -1.01. The third-order valence-corrected chi connectivity index (χ3v) is 3.73. The minimum absolute atomic E-state index is 0.0795. The zero-order valence-electron chi connectivity index (χ0n) is 10.3. The van der Waals surface area contributed by atoms with E-state index in [1.807, 2.05) is 0 Å². The second kappa shape index (κ2) is 6.53. The van der Waals surface area contributed by atoms with Crippen LogP contribution < -0.4 is 0 Å². The molecule has 0 aliphatic heterocycles. The average molecular weight is 285 g/mol. The van der Waals surface area contributed by atoms with E-state index in [9.17, 15) is 18.6 Å². The zero-order valence-corrected chi connectivity index (χ0v) is 11.2. The first kappa shape index (κ1) is 15.5. The monoisotopic (exact) mass is 285 g/mol. The molecule has 0 aromatic heterocycles. The molecule has 0 heterocycles. The fourth-order valence-corrected chi connectivity index (χ4v) is 2.16. The van der Waals surface area contributed by atoms with Gasteiger partial charge >= 0.3 is 0 Å². The van der Waals surface area contributed by atoms with Crippen LogP contribution in [-0.4, -0.2) is 37.5 Å². The molecule has 0 aliphatic carbocycles. The van der Waals surface area contributed by atoms with Crippen molar-refractivity contribution in [3.8, 4) is 0 Å². The van der Waals surface area contributed by atoms with Crippen molar-refractivity contribution in [1.29, 1.82) is 0 Å². The highest BCUT2D eigenvalue weighted by Gasteiger charge is 2.18. The largest absolute Gasteiger partial charge is 0.390 e. The molecule has 0 fully saturated rings. The summed E-state index contributed by atoms with van der Waals surface area (Å²) in [5.74, 6) is 0. The minimum Gasteiger partial charge on any atom is -0.390 e. The predicted molar refractivity (Wildman–Crippen MR) is 69.1 cm³/mol. The van der Waals surface area contributed by atoms with Gasteiger partial charge in [-0.15, -0.1) is 0 Å². The Bertz CT molecular complexity index is 564. The van der Waals surface area contributed by atoms with Crippen LogP contribution in [0.3, 0.4) is 0 Å². The molecule has 0 radical (unpaired) electrons. The van der Waals surface area contributed by atoms with Crippen molar-refractivity contribution < 1.29 is 18.6 Å². The van der Waals surface area contributed by atoms with Crippen LogP contribution in [0.4, 0.5) is 0 Å². The second-order valence-corrected chi connectivity index (χ2v) is 6.11. The zero-order chi connectivity index (χ0) is 14.5. The van der Waals surface area contributed by atoms with Gasteiger partial charge < -0.3 is 10.2 Å². The van der Waals surface area contributed by atoms with Gasteiger partial charge in [-0.05, 0) is 29.6 Å². The van der Waals surface area contributed by atoms with E-state index < -0.39 is 22.0 Å². The van der Waals surface area contributed by atoms with Gasteiger partial charge in [0.1, 0.15) is 6.10 Å². The van der Waals surface area contributed by atoms with Crippen molar-refractivity contribution >= 4 is 9.84 Å². The molecule has 0 saturated carbocycles. The summed E-state index contributed by atoms with van der Waals surface area (Å²) in [4.78, 5) is 2.69. The van der Waals surface area contributed by atoms with Gasteiger partial charge in [-0.2, -0.15) is 0 Å². The van der Waals surface area contributed by atoms with E-state index in [4.69, 9.17) is 5.53 Å². The molecule has 0 bridgehead atoms. The van der Waals surface area contributed by atoms with Crippen LogP contribution in [-0.2, 0) is 9.84 Å². The van der Waals surface area contributed by atoms with Gasteiger partial charge in [-0.25, -0.2) is 8.42 Å². The molecule has 0 aliphatic rings. The minimum atomic E-state index is -3.28. The molecule has 8 heteroatoms. The number of aliphatic hydroxyl groups excluding tert-OH is 2. The first-order valence-electron chi connectivity index (χ1n) is 5.53. The Balaban J connectivity index is 2.77. The quantitative estimate of drug-likeness (QED) is 0.462. The van der Waals surface area contributed by atoms with Crippen molar-refractivity contribution in [2.75, 3.05) is 12.8 Å². The molecular formula is C11H15N3O4S. The third kappa shape index (κ3) is 4.53. The van der Waals surface area contributed by atoms with Crippen molar-refractivity contribution in [3.05, 3.63) is 40.3 Å². The number of aliphatic hydroxyl groups is 2. The van der Waals surface area contributed by atoms with Crippen LogP contribution in [0, 0.1) is 0 Å². The molecule has 2 N–H and O–H groups in total. The molecule has 0 saturated heterocycles. The van der Waals surface area contributed by atoms with E-state index in [0.717, 1.165) is 6.26 Å². The number of sulfone groups is 1. The standard InChI is InChI=1S/C11H15N3O4S/c1-19(17,18)9-4-2-8(3-5-9)11(16)10(15)6-7-13-14-12/h2-5,10-11,15-16H,6-7H2,1H3. The number of hydrogen-bond donors (Lipinski definition) is 2. The summed E-state index contributed by atoms with van der Waals surface area (Å²) in [5, 5.41) is 22.8. The Kier molecular flexibility index (Phi) is 5.31. The number of rotatable bonds is 6. The Labute approximate surface area is 111 Å². The molecule has 0 spiro atoms. The van der Waals surface area contributed by atoms with Gasteiger partial charge in [-0.3, -0.25) is 0 Å². The van der Waals surface area contributed by atoms with Crippen LogP contribution in [0.2, 0.25) is 0 Å². The SMILES string of the molecule is CS(=O)(=O)c1ccc(C(O)C(O)CCN=[N+]=[N-])cc1.